The maximum absolute atomic E-state index is 14.0. The van der Waals surface area contributed by atoms with Crippen molar-refractivity contribution in [3.05, 3.63) is 113 Å². The molecule has 0 unspecified atom stereocenters. The normalized spacial score (nSPS) is 15.2. The van der Waals surface area contributed by atoms with Crippen molar-refractivity contribution in [1.82, 2.24) is 30.5 Å². The molecule has 17 heteroatoms. The number of nitrogens with one attached hydrogen (secondary N) is 4. The fourth-order valence-corrected chi connectivity index (χ4v) is 8.18. The summed E-state index contributed by atoms with van der Waals surface area (Å²) in [6.07, 6.45) is -0.441. The first-order valence-corrected chi connectivity index (χ1v) is 23.0. The van der Waals surface area contributed by atoms with Gasteiger partial charge in [0.25, 0.3) is 0 Å². The van der Waals surface area contributed by atoms with Crippen LogP contribution in [0.2, 0.25) is 0 Å². The van der Waals surface area contributed by atoms with E-state index in [-0.39, 0.29) is 56.9 Å². The van der Waals surface area contributed by atoms with Crippen LogP contribution in [0.25, 0.3) is 10.4 Å². The third kappa shape index (κ3) is 14.4. The van der Waals surface area contributed by atoms with E-state index in [1.165, 1.54) is 4.90 Å². The summed E-state index contributed by atoms with van der Waals surface area (Å²) in [5.74, 6) is -0.0871. The van der Waals surface area contributed by atoms with E-state index >= 15 is 0 Å². The van der Waals surface area contributed by atoms with Crippen molar-refractivity contribution in [1.29, 1.82) is 0 Å². The summed E-state index contributed by atoms with van der Waals surface area (Å²) in [5.41, 5.74) is 7.24. The lowest BCUT2D eigenvalue weighted by Gasteiger charge is -2.35. The number of ether oxygens (including phenoxy) is 2. The Morgan fingerprint density at radius 1 is 0.879 bits per heavy atom. The number of benzene rings is 3. The van der Waals surface area contributed by atoms with Gasteiger partial charge in [0.1, 0.15) is 17.9 Å². The number of aromatic nitrogens is 3. The van der Waals surface area contributed by atoms with Crippen molar-refractivity contribution in [2.45, 2.75) is 78.6 Å². The molecule has 0 radical (unpaired) electrons. The molecule has 1 aliphatic rings. The van der Waals surface area contributed by atoms with Crippen LogP contribution in [0, 0.1) is 19.3 Å². The van der Waals surface area contributed by atoms with E-state index < -0.39 is 29.5 Å². The molecule has 4 amide bonds. The molecule has 1 aliphatic heterocycles. The second kappa shape index (κ2) is 23.3. The van der Waals surface area contributed by atoms with Crippen molar-refractivity contribution >= 4 is 58.1 Å². The molecule has 2 aromatic heterocycles. The molecule has 3 atom stereocenters. The van der Waals surface area contributed by atoms with E-state index in [9.17, 15) is 24.3 Å². The van der Waals surface area contributed by atoms with Crippen LogP contribution in [-0.2, 0) is 41.6 Å². The van der Waals surface area contributed by atoms with Gasteiger partial charge in [-0.1, -0.05) is 75.4 Å². The fraction of sp³-hybridized carbons (Fsp3) is 0.408. The molecule has 0 aliphatic carbocycles. The number of anilines is 4. The number of hydrogen-bond acceptors (Lipinski definition) is 13. The van der Waals surface area contributed by atoms with Gasteiger partial charge in [-0.05, 0) is 60.2 Å². The van der Waals surface area contributed by atoms with Gasteiger partial charge in [0.15, 0.2) is 0 Å². The number of aliphatic hydroxyl groups is 1. The van der Waals surface area contributed by atoms with Gasteiger partial charge in [-0.15, -0.1) is 11.3 Å². The molecule has 0 bridgehead atoms. The molecule has 6 rings (SSSR count). The molecular weight excluding hydrogens is 859 g/mol. The molecule has 1 saturated heterocycles. The van der Waals surface area contributed by atoms with Crippen LogP contribution < -0.4 is 26.2 Å². The minimum Gasteiger partial charge on any atom is -0.391 e. The van der Waals surface area contributed by atoms with Crippen molar-refractivity contribution in [3.63, 3.8) is 0 Å². The van der Waals surface area contributed by atoms with Crippen LogP contribution in [-0.4, -0.2) is 113 Å². The largest absolute Gasteiger partial charge is 0.391 e. The molecule has 3 heterocycles. The summed E-state index contributed by atoms with van der Waals surface area (Å²) in [5, 5.41) is 22.5. The van der Waals surface area contributed by atoms with Crippen LogP contribution in [0.5, 0.6) is 0 Å². The van der Waals surface area contributed by atoms with Crippen LogP contribution in [0.3, 0.4) is 0 Å². The van der Waals surface area contributed by atoms with Crippen molar-refractivity contribution < 1.29 is 33.8 Å². The smallest absolute Gasteiger partial charge is 0.246 e. The van der Waals surface area contributed by atoms with E-state index in [2.05, 4.69) is 36.2 Å². The number of aryl methyl sites for hydroxylation is 2. The van der Waals surface area contributed by atoms with E-state index in [0.29, 0.717) is 43.6 Å². The van der Waals surface area contributed by atoms with E-state index in [4.69, 9.17) is 9.47 Å². The molecule has 1 fully saturated rings. The zero-order valence-corrected chi connectivity index (χ0v) is 39.3. The van der Waals surface area contributed by atoms with Gasteiger partial charge in [-0.25, -0.2) is 9.97 Å². The van der Waals surface area contributed by atoms with E-state index in [1.54, 1.807) is 11.3 Å². The second-order valence-electron chi connectivity index (χ2n) is 17.4. The molecule has 16 nitrogen and oxygen atoms in total. The Labute approximate surface area is 390 Å². The van der Waals surface area contributed by atoms with Gasteiger partial charge in [-0.3, -0.25) is 19.2 Å². The molecular formula is C49H61N9O7S. The van der Waals surface area contributed by atoms with Crippen molar-refractivity contribution in [2.75, 3.05) is 62.1 Å². The predicted octanol–water partition coefficient (Wildman–Crippen LogP) is 5.81. The maximum Gasteiger partial charge on any atom is 0.246 e. The number of rotatable bonds is 21. The Morgan fingerprint density at radius 3 is 2.26 bits per heavy atom. The average Bonchev–Trinajstić information content (AvgIpc) is 3.90. The number of hydrogen-bond donors (Lipinski definition) is 5. The summed E-state index contributed by atoms with van der Waals surface area (Å²) >= 11 is 1.57. The third-order valence-corrected chi connectivity index (χ3v) is 12.0. The Balaban J connectivity index is 0.881. The summed E-state index contributed by atoms with van der Waals surface area (Å²) in [6.45, 7) is 11.3. The maximum atomic E-state index is 14.0. The molecule has 3 aromatic carbocycles. The quantitative estimate of drug-likeness (QED) is 0.0555. The lowest BCUT2D eigenvalue weighted by Crippen LogP contribution is -2.57. The zero-order valence-electron chi connectivity index (χ0n) is 38.5. The predicted molar refractivity (Wildman–Crippen MR) is 256 cm³/mol. The summed E-state index contributed by atoms with van der Waals surface area (Å²) in [6, 6.07) is 24.9. The highest BCUT2D eigenvalue weighted by Crippen LogP contribution is 2.29. The van der Waals surface area contributed by atoms with Crippen LogP contribution in [0.4, 0.5) is 23.1 Å². The Bertz CT molecular complexity index is 2390. The Morgan fingerprint density at radius 2 is 1.58 bits per heavy atom. The lowest BCUT2D eigenvalue weighted by atomic mass is 9.85. The van der Waals surface area contributed by atoms with Gasteiger partial charge < -0.3 is 45.6 Å². The standard InChI is InChI=1S/C49H61N9O7S/c1-32-26-41(55-48(52-32)54-38-18-16-37(17-19-38)53-43(61)27-34-10-8-7-9-11-34)57(6)21-23-65-25-24-64-22-20-42(60)56-45(49(3,4)5)47(63)58-30-39(59)28-40(58)46(62)50-29-35-12-14-36(15-13-35)44-33(2)51-31-66-44/h7-19,26,31,39-40,45,59H,20-25,27-30H2,1-6H3,(H,50,62)(H,53,61)(H,56,60)(H,52,54,55)/t39-,40+,45-/m1/s1. The summed E-state index contributed by atoms with van der Waals surface area (Å²) < 4.78 is 11.5. The highest BCUT2D eigenvalue weighted by molar-refractivity contribution is 7.13. The van der Waals surface area contributed by atoms with Crippen LogP contribution in [0.15, 0.2) is 90.4 Å². The highest BCUT2D eigenvalue weighted by Gasteiger charge is 2.44. The minimum atomic E-state index is -0.933. The number of aliphatic hydroxyl groups excluding tert-OH is 1. The number of likely N-dealkylation sites (tertiary alicyclic amines) is 1. The fourth-order valence-electron chi connectivity index (χ4n) is 7.37. The number of nitrogens with zero attached hydrogens (tertiary/aromatic N) is 5. The summed E-state index contributed by atoms with van der Waals surface area (Å²) in [7, 11) is 1.92. The monoisotopic (exact) mass is 919 g/mol. The van der Waals surface area contributed by atoms with Gasteiger partial charge >= 0.3 is 0 Å². The van der Waals surface area contributed by atoms with Crippen molar-refractivity contribution in [3.8, 4) is 10.4 Å². The first kappa shape index (κ1) is 49.2. The first-order valence-electron chi connectivity index (χ1n) is 22.1. The summed E-state index contributed by atoms with van der Waals surface area (Å²) in [4.78, 5) is 71.0. The highest BCUT2D eigenvalue weighted by atomic mass is 32.1. The first-order chi connectivity index (χ1) is 31.6. The lowest BCUT2D eigenvalue weighted by molar-refractivity contribution is -0.144. The molecule has 350 valence electrons. The van der Waals surface area contributed by atoms with Crippen molar-refractivity contribution in [2.24, 2.45) is 5.41 Å². The van der Waals surface area contributed by atoms with E-state index in [0.717, 1.165) is 38.6 Å². The molecule has 0 saturated carbocycles. The second-order valence-corrected chi connectivity index (χ2v) is 18.3. The van der Waals surface area contributed by atoms with Crippen LogP contribution in [0.1, 0.15) is 56.1 Å². The average molecular weight is 920 g/mol. The van der Waals surface area contributed by atoms with E-state index in [1.807, 2.05) is 137 Å². The molecule has 0 spiro atoms. The SMILES string of the molecule is Cc1cc(N(C)CCOCCOCCC(=O)N[C@H](C(=O)N2C[C@H](O)C[C@H]2C(=O)NCc2ccc(-c3scnc3C)cc2)C(C)(C)C)nc(Nc2ccc(NC(=O)Cc3ccccc3)cc2)n1. The minimum absolute atomic E-state index is 0.00642. The number of likely N-dealkylation sites (N-methyl/N-ethyl adjacent to an activating group) is 1. The molecule has 5 aromatic rings. The Hall–Kier alpha value is -6.27. The third-order valence-electron chi connectivity index (χ3n) is 11.0. The van der Waals surface area contributed by atoms with Gasteiger partial charge in [0, 0.05) is 62.7 Å². The van der Waals surface area contributed by atoms with Gasteiger partial charge in [-0.2, -0.15) is 4.98 Å². The van der Waals surface area contributed by atoms with Gasteiger partial charge in [0.05, 0.1) is 55.0 Å². The number of amides is 4. The number of carbonyl (C=O) groups excluding carboxylic acids is 4. The topological polar surface area (TPSA) is 200 Å². The zero-order chi connectivity index (χ0) is 47.2. The number of thiazole rings is 1. The molecule has 66 heavy (non-hydrogen) atoms. The van der Waals surface area contributed by atoms with Gasteiger partial charge in [0.2, 0.25) is 29.6 Å². The molecule has 5 N–H and O–H groups in total. The van der Waals surface area contributed by atoms with Crippen LogP contribution >= 0.6 is 11.3 Å². The Kier molecular flexibility index (Phi) is 17.3. The number of carbonyl (C=O) groups is 4. The number of β-amino-alcohol motifs (C(OH)–C–C–N with tert-alkyl or cyclic N) is 1.